The van der Waals surface area contributed by atoms with E-state index in [9.17, 15) is 24.5 Å². The maximum atomic E-state index is 12.2. The first-order valence-corrected chi connectivity index (χ1v) is 6.42. The van der Waals surface area contributed by atoms with Gasteiger partial charge in [-0.3, -0.25) is 24.5 Å². The number of rotatable bonds is 6. The zero-order chi connectivity index (χ0) is 16.0. The topological polar surface area (TPSA) is 116 Å². The van der Waals surface area contributed by atoms with Crippen molar-refractivity contribution in [2.75, 3.05) is 27.3 Å². The highest BCUT2D eigenvalue weighted by Gasteiger charge is 2.24. The molecule has 0 saturated carbocycles. The van der Waals surface area contributed by atoms with Crippen LogP contribution in [-0.4, -0.2) is 55.0 Å². The predicted molar refractivity (Wildman–Crippen MR) is 70.9 cm³/mol. The zero-order valence-corrected chi connectivity index (χ0v) is 12.0. The van der Waals surface area contributed by atoms with E-state index in [2.05, 4.69) is 9.47 Å². The molecule has 0 saturated heterocycles. The molecule has 1 heterocycles. The lowest BCUT2D eigenvalue weighted by Gasteiger charge is -2.19. The highest BCUT2D eigenvalue weighted by molar-refractivity contribution is 7.13. The molecule has 1 rings (SSSR count). The number of ether oxygens (including phenoxy) is 2. The SMILES string of the molecule is COC(=O)CN(CC(=O)OC)C(=O)c1csc([N+](=O)[O-])c1. The van der Waals surface area contributed by atoms with E-state index in [0.717, 1.165) is 36.5 Å². The van der Waals surface area contributed by atoms with Gasteiger partial charge < -0.3 is 14.4 Å². The number of carbonyl (C=O) groups excluding carboxylic acids is 3. The molecule has 0 aliphatic rings. The summed E-state index contributed by atoms with van der Waals surface area (Å²) in [4.78, 5) is 45.6. The molecule has 0 fully saturated rings. The normalized spacial score (nSPS) is 9.81. The van der Waals surface area contributed by atoms with Crippen LogP contribution in [-0.2, 0) is 19.1 Å². The van der Waals surface area contributed by atoms with Crippen LogP contribution in [0.5, 0.6) is 0 Å². The van der Waals surface area contributed by atoms with Crippen LogP contribution in [0.4, 0.5) is 5.00 Å². The molecule has 0 aliphatic carbocycles. The summed E-state index contributed by atoms with van der Waals surface area (Å²) in [5.41, 5.74) is 0.0134. The van der Waals surface area contributed by atoms with Crippen LogP contribution >= 0.6 is 11.3 Å². The molecule has 0 unspecified atom stereocenters. The molecule has 10 heteroatoms. The van der Waals surface area contributed by atoms with Crippen LogP contribution in [0.1, 0.15) is 10.4 Å². The van der Waals surface area contributed by atoms with Crippen LogP contribution in [0.25, 0.3) is 0 Å². The van der Waals surface area contributed by atoms with Crippen molar-refractivity contribution < 1.29 is 28.8 Å². The van der Waals surface area contributed by atoms with Gasteiger partial charge in [0, 0.05) is 11.4 Å². The van der Waals surface area contributed by atoms with Crippen molar-refractivity contribution in [2.24, 2.45) is 0 Å². The fourth-order valence-corrected chi connectivity index (χ4v) is 2.05. The third-order valence-corrected chi connectivity index (χ3v) is 3.28. The second kappa shape index (κ2) is 7.33. The third-order valence-electron chi connectivity index (χ3n) is 2.39. The minimum Gasteiger partial charge on any atom is -0.468 e. The molecule has 0 atom stereocenters. The van der Waals surface area contributed by atoms with E-state index in [-0.39, 0.29) is 10.6 Å². The van der Waals surface area contributed by atoms with Crippen molar-refractivity contribution in [3.05, 3.63) is 27.1 Å². The number of nitro groups is 1. The van der Waals surface area contributed by atoms with Gasteiger partial charge in [0.05, 0.1) is 24.7 Å². The Bertz CT molecular complexity index is 551. The van der Waals surface area contributed by atoms with E-state index >= 15 is 0 Å². The molecule has 0 spiro atoms. The number of carbonyl (C=O) groups is 3. The van der Waals surface area contributed by atoms with Crippen molar-refractivity contribution in [3.63, 3.8) is 0 Å². The average Bonchev–Trinajstić information content (AvgIpc) is 2.95. The Morgan fingerprint density at radius 2 is 1.76 bits per heavy atom. The Morgan fingerprint density at radius 1 is 1.24 bits per heavy atom. The molecule has 9 nitrogen and oxygen atoms in total. The fourth-order valence-electron chi connectivity index (χ4n) is 1.36. The highest BCUT2D eigenvalue weighted by Crippen LogP contribution is 2.23. The molecule has 0 radical (unpaired) electrons. The van der Waals surface area contributed by atoms with Crippen LogP contribution in [0, 0.1) is 10.1 Å². The monoisotopic (exact) mass is 316 g/mol. The van der Waals surface area contributed by atoms with E-state index in [0.29, 0.717) is 0 Å². The fraction of sp³-hybridized carbons (Fsp3) is 0.364. The summed E-state index contributed by atoms with van der Waals surface area (Å²) < 4.78 is 8.87. The summed E-state index contributed by atoms with van der Waals surface area (Å²) in [6.45, 7) is -0.928. The Hall–Kier alpha value is -2.49. The predicted octanol–water partition coefficient (Wildman–Crippen LogP) is 0.444. The standard InChI is InChI=1S/C11H12N2O7S/c1-19-9(14)4-12(5-10(15)20-2)11(16)7-3-8(13(17)18)21-6-7/h3,6H,4-5H2,1-2H3. The lowest BCUT2D eigenvalue weighted by atomic mass is 10.3. The largest absolute Gasteiger partial charge is 0.468 e. The number of esters is 2. The summed E-state index contributed by atoms with van der Waals surface area (Å²) in [6.07, 6.45) is 0. The van der Waals surface area contributed by atoms with Crippen molar-refractivity contribution >= 4 is 34.2 Å². The summed E-state index contributed by atoms with van der Waals surface area (Å²) in [6, 6.07) is 1.08. The summed E-state index contributed by atoms with van der Waals surface area (Å²) in [5.74, 6) is -2.15. The first-order valence-electron chi connectivity index (χ1n) is 5.54. The Balaban J connectivity index is 2.94. The first-order chi connectivity index (χ1) is 9.88. The number of hydrogen-bond acceptors (Lipinski definition) is 8. The van der Waals surface area contributed by atoms with E-state index in [1.165, 1.54) is 5.38 Å². The number of methoxy groups -OCH3 is 2. The number of nitrogens with zero attached hydrogens (tertiary/aromatic N) is 2. The van der Waals surface area contributed by atoms with Crippen molar-refractivity contribution in [3.8, 4) is 0 Å². The van der Waals surface area contributed by atoms with Gasteiger partial charge in [-0.2, -0.15) is 0 Å². The maximum Gasteiger partial charge on any atom is 0.325 e. The molecule has 0 aromatic carbocycles. The summed E-state index contributed by atoms with van der Waals surface area (Å²) in [5, 5.41) is 11.7. The van der Waals surface area contributed by atoms with E-state index in [4.69, 9.17) is 0 Å². The van der Waals surface area contributed by atoms with Crippen molar-refractivity contribution in [1.82, 2.24) is 4.90 Å². The van der Waals surface area contributed by atoms with E-state index < -0.39 is 35.9 Å². The van der Waals surface area contributed by atoms with Gasteiger partial charge in [-0.05, 0) is 0 Å². The van der Waals surface area contributed by atoms with Gasteiger partial charge in [0.25, 0.3) is 5.91 Å². The highest BCUT2D eigenvalue weighted by atomic mass is 32.1. The minimum absolute atomic E-state index is 0.0134. The Labute approximate surface area is 123 Å². The van der Waals surface area contributed by atoms with Crippen LogP contribution in [0.2, 0.25) is 0 Å². The summed E-state index contributed by atoms with van der Waals surface area (Å²) >= 11 is 0.774. The number of hydrogen-bond donors (Lipinski definition) is 0. The third kappa shape index (κ3) is 4.53. The van der Waals surface area contributed by atoms with Gasteiger partial charge in [-0.25, -0.2) is 0 Å². The van der Waals surface area contributed by atoms with Gasteiger partial charge in [-0.1, -0.05) is 11.3 Å². The molecule has 1 amide bonds. The van der Waals surface area contributed by atoms with Crippen LogP contribution < -0.4 is 0 Å². The lowest BCUT2D eigenvalue weighted by Crippen LogP contribution is -2.40. The molecule has 1 aromatic rings. The first kappa shape index (κ1) is 16.6. The number of amides is 1. The molecule has 21 heavy (non-hydrogen) atoms. The molecule has 0 aliphatic heterocycles. The molecule has 1 aromatic heterocycles. The van der Waals surface area contributed by atoms with Crippen LogP contribution in [0.15, 0.2) is 11.4 Å². The smallest absolute Gasteiger partial charge is 0.325 e. The number of thiophene rings is 1. The Kier molecular flexibility index (Phi) is 5.79. The average molecular weight is 316 g/mol. The van der Waals surface area contributed by atoms with Gasteiger partial charge in [0.1, 0.15) is 13.1 Å². The van der Waals surface area contributed by atoms with Gasteiger partial charge in [-0.15, -0.1) is 0 Å². The van der Waals surface area contributed by atoms with Gasteiger partial charge in [0.15, 0.2) is 0 Å². The molecule has 114 valence electrons. The van der Waals surface area contributed by atoms with E-state index in [1.807, 2.05) is 0 Å². The lowest BCUT2D eigenvalue weighted by molar-refractivity contribution is -0.380. The van der Waals surface area contributed by atoms with Gasteiger partial charge >= 0.3 is 16.9 Å². The maximum absolute atomic E-state index is 12.2. The van der Waals surface area contributed by atoms with Crippen LogP contribution in [0.3, 0.4) is 0 Å². The second-order valence-electron chi connectivity index (χ2n) is 3.74. The molecular weight excluding hydrogens is 304 g/mol. The quantitative estimate of drug-likeness (QED) is 0.425. The minimum atomic E-state index is -0.725. The second-order valence-corrected chi connectivity index (χ2v) is 4.63. The van der Waals surface area contributed by atoms with Crippen molar-refractivity contribution in [1.29, 1.82) is 0 Å². The van der Waals surface area contributed by atoms with Crippen molar-refractivity contribution in [2.45, 2.75) is 0 Å². The van der Waals surface area contributed by atoms with E-state index in [1.54, 1.807) is 0 Å². The summed E-state index contributed by atoms with van der Waals surface area (Å²) in [7, 11) is 2.27. The molecule has 0 N–H and O–H groups in total. The molecule has 0 bridgehead atoms. The Morgan fingerprint density at radius 3 is 2.14 bits per heavy atom. The molecular formula is C11H12N2O7S. The zero-order valence-electron chi connectivity index (χ0n) is 11.2. The van der Waals surface area contributed by atoms with Gasteiger partial charge in [0.2, 0.25) is 0 Å².